The Kier molecular flexibility index (Phi) is 5.19. The maximum Gasteiger partial charge on any atom is 0.0638 e. The third kappa shape index (κ3) is 4.26. The van der Waals surface area contributed by atoms with Gasteiger partial charge in [-0.3, -0.25) is 4.68 Å². The van der Waals surface area contributed by atoms with Gasteiger partial charge in [0, 0.05) is 30.6 Å². The Bertz CT molecular complexity index is 296. The molecule has 0 radical (unpaired) electrons. The maximum absolute atomic E-state index is 4.31. The lowest BCUT2D eigenvalue weighted by atomic mass is 10.2. The minimum absolute atomic E-state index is 0.743. The Balaban J connectivity index is 2.23. The van der Waals surface area contributed by atoms with Crippen molar-refractivity contribution in [2.45, 2.75) is 32.1 Å². The van der Waals surface area contributed by atoms with Crippen LogP contribution in [0.25, 0.3) is 0 Å². The van der Waals surface area contributed by atoms with Crippen molar-refractivity contribution in [1.29, 1.82) is 0 Å². The first-order valence-electron chi connectivity index (χ1n) is 5.36. The number of thioether (sulfide) groups is 1. The van der Waals surface area contributed by atoms with Gasteiger partial charge in [-0.05, 0) is 26.1 Å². The Morgan fingerprint density at radius 2 is 2.33 bits per heavy atom. The van der Waals surface area contributed by atoms with Crippen LogP contribution in [0.1, 0.15) is 24.6 Å². The molecule has 0 aromatic carbocycles. The first-order chi connectivity index (χ1) is 7.13. The molecule has 15 heavy (non-hydrogen) atoms. The van der Waals surface area contributed by atoms with E-state index in [1.807, 2.05) is 23.5 Å². The van der Waals surface area contributed by atoms with Crippen molar-refractivity contribution >= 4 is 11.8 Å². The topological polar surface area (TPSA) is 29.9 Å². The Labute approximate surface area is 96.6 Å². The fraction of sp³-hybridized carbons (Fsp3) is 0.727. The van der Waals surface area contributed by atoms with Gasteiger partial charge in [0.2, 0.25) is 0 Å². The summed E-state index contributed by atoms with van der Waals surface area (Å²) in [6.07, 6.45) is 5.47. The molecular formula is C11H21N3S. The number of aromatic nitrogens is 2. The molecule has 1 aromatic heterocycles. The highest BCUT2D eigenvalue weighted by Gasteiger charge is 2.02. The molecule has 0 aliphatic carbocycles. The van der Waals surface area contributed by atoms with E-state index in [-0.39, 0.29) is 0 Å². The highest BCUT2D eigenvalue weighted by Crippen LogP contribution is 2.08. The van der Waals surface area contributed by atoms with Gasteiger partial charge in [0.25, 0.3) is 0 Å². The standard InChI is InChI=1S/C11H21N3S/c1-9(15-4)5-6-12-7-11-8-14(3)13-10(11)2/h8-9,12H,5-7H2,1-4H3. The number of nitrogens with zero attached hydrogens (tertiary/aromatic N) is 2. The molecule has 0 saturated carbocycles. The highest BCUT2D eigenvalue weighted by atomic mass is 32.2. The summed E-state index contributed by atoms with van der Waals surface area (Å²) in [5.41, 5.74) is 2.43. The summed E-state index contributed by atoms with van der Waals surface area (Å²) in [7, 11) is 1.96. The average Bonchev–Trinajstić information content (AvgIpc) is 2.52. The minimum Gasteiger partial charge on any atom is -0.313 e. The lowest BCUT2D eigenvalue weighted by Gasteiger charge is -2.08. The molecule has 3 nitrogen and oxygen atoms in total. The van der Waals surface area contributed by atoms with Gasteiger partial charge in [-0.25, -0.2) is 0 Å². The van der Waals surface area contributed by atoms with Crippen LogP contribution in [0.3, 0.4) is 0 Å². The number of aryl methyl sites for hydroxylation is 2. The molecule has 4 heteroatoms. The van der Waals surface area contributed by atoms with Crippen LogP contribution in [-0.2, 0) is 13.6 Å². The summed E-state index contributed by atoms with van der Waals surface area (Å²) >= 11 is 1.92. The molecule has 0 fully saturated rings. The Hall–Kier alpha value is -0.480. The molecule has 1 aromatic rings. The van der Waals surface area contributed by atoms with Crippen LogP contribution in [0.2, 0.25) is 0 Å². The number of nitrogens with one attached hydrogen (secondary N) is 1. The Morgan fingerprint density at radius 1 is 1.60 bits per heavy atom. The van der Waals surface area contributed by atoms with Crippen LogP contribution in [0.5, 0.6) is 0 Å². The van der Waals surface area contributed by atoms with Crippen molar-refractivity contribution in [3.8, 4) is 0 Å². The molecule has 0 bridgehead atoms. The molecular weight excluding hydrogens is 206 g/mol. The lowest BCUT2D eigenvalue weighted by molar-refractivity contribution is 0.646. The van der Waals surface area contributed by atoms with Crippen LogP contribution in [0.4, 0.5) is 0 Å². The van der Waals surface area contributed by atoms with Crippen molar-refractivity contribution in [2.24, 2.45) is 7.05 Å². The summed E-state index contributed by atoms with van der Waals surface area (Å²) in [5.74, 6) is 0. The van der Waals surface area contributed by atoms with Crippen LogP contribution in [0, 0.1) is 6.92 Å². The average molecular weight is 227 g/mol. The van der Waals surface area contributed by atoms with Gasteiger partial charge >= 0.3 is 0 Å². The predicted octanol–water partition coefficient (Wildman–Crippen LogP) is 1.96. The van der Waals surface area contributed by atoms with E-state index in [9.17, 15) is 0 Å². The second kappa shape index (κ2) is 6.18. The Morgan fingerprint density at radius 3 is 2.87 bits per heavy atom. The van der Waals surface area contributed by atoms with Crippen molar-refractivity contribution in [3.63, 3.8) is 0 Å². The quantitative estimate of drug-likeness (QED) is 0.754. The van der Waals surface area contributed by atoms with Gasteiger partial charge in [0.1, 0.15) is 0 Å². The molecule has 1 rings (SSSR count). The fourth-order valence-corrected chi connectivity index (χ4v) is 1.82. The zero-order chi connectivity index (χ0) is 11.3. The largest absolute Gasteiger partial charge is 0.313 e. The highest BCUT2D eigenvalue weighted by molar-refractivity contribution is 7.99. The van der Waals surface area contributed by atoms with E-state index >= 15 is 0 Å². The van der Waals surface area contributed by atoms with Gasteiger partial charge in [-0.2, -0.15) is 16.9 Å². The smallest absolute Gasteiger partial charge is 0.0638 e. The number of hydrogen-bond acceptors (Lipinski definition) is 3. The van der Waals surface area contributed by atoms with Crippen molar-refractivity contribution < 1.29 is 0 Å². The van der Waals surface area contributed by atoms with E-state index in [4.69, 9.17) is 0 Å². The third-order valence-corrected chi connectivity index (χ3v) is 3.60. The third-order valence-electron chi connectivity index (χ3n) is 2.56. The van der Waals surface area contributed by atoms with E-state index in [0.717, 1.165) is 24.0 Å². The molecule has 86 valence electrons. The van der Waals surface area contributed by atoms with Crippen LogP contribution in [0.15, 0.2) is 6.20 Å². The van der Waals surface area contributed by atoms with Gasteiger partial charge in [-0.1, -0.05) is 6.92 Å². The molecule has 1 atom stereocenters. The van der Waals surface area contributed by atoms with Crippen molar-refractivity contribution in [1.82, 2.24) is 15.1 Å². The summed E-state index contributed by atoms with van der Waals surface area (Å²) in [4.78, 5) is 0. The van der Waals surface area contributed by atoms with Gasteiger partial charge < -0.3 is 5.32 Å². The van der Waals surface area contributed by atoms with Crippen molar-refractivity contribution in [2.75, 3.05) is 12.8 Å². The summed E-state index contributed by atoms with van der Waals surface area (Å²) < 4.78 is 1.87. The molecule has 0 amide bonds. The summed E-state index contributed by atoms with van der Waals surface area (Å²) in [5, 5.41) is 8.51. The zero-order valence-electron chi connectivity index (χ0n) is 10.1. The SMILES string of the molecule is CSC(C)CCNCc1cn(C)nc1C. The van der Waals surface area contributed by atoms with Crippen molar-refractivity contribution in [3.05, 3.63) is 17.5 Å². The molecule has 0 saturated heterocycles. The number of hydrogen-bond donors (Lipinski definition) is 1. The monoisotopic (exact) mass is 227 g/mol. The van der Waals surface area contributed by atoms with Crippen LogP contribution in [-0.4, -0.2) is 27.8 Å². The molecule has 1 unspecified atom stereocenters. The predicted molar refractivity (Wildman–Crippen MR) is 67.2 cm³/mol. The van der Waals surface area contributed by atoms with Crippen LogP contribution < -0.4 is 5.32 Å². The minimum atomic E-state index is 0.743. The summed E-state index contributed by atoms with van der Waals surface area (Å²) in [6.45, 7) is 6.33. The van der Waals surface area contributed by atoms with E-state index < -0.39 is 0 Å². The summed E-state index contributed by atoms with van der Waals surface area (Å²) in [6, 6.07) is 0. The second-order valence-electron chi connectivity index (χ2n) is 3.93. The molecule has 1 N–H and O–H groups in total. The molecule has 0 aliphatic rings. The fourth-order valence-electron chi connectivity index (χ4n) is 1.47. The molecule has 0 aliphatic heterocycles. The van der Waals surface area contributed by atoms with E-state index in [1.54, 1.807) is 0 Å². The van der Waals surface area contributed by atoms with Gasteiger partial charge in [0.05, 0.1) is 5.69 Å². The van der Waals surface area contributed by atoms with Gasteiger partial charge in [-0.15, -0.1) is 0 Å². The van der Waals surface area contributed by atoms with E-state index in [1.165, 1.54) is 12.0 Å². The molecule has 0 spiro atoms. The first kappa shape index (κ1) is 12.6. The molecule has 1 heterocycles. The lowest BCUT2D eigenvalue weighted by Crippen LogP contribution is -2.17. The number of rotatable bonds is 6. The first-order valence-corrected chi connectivity index (χ1v) is 6.65. The second-order valence-corrected chi connectivity index (χ2v) is 5.20. The van der Waals surface area contributed by atoms with Crippen LogP contribution >= 0.6 is 11.8 Å². The maximum atomic E-state index is 4.31. The van der Waals surface area contributed by atoms with Gasteiger partial charge in [0.15, 0.2) is 0 Å². The van der Waals surface area contributed by atoms with E-state index in [2.05, 4.69) is 36.7 Å². The van der Waals surface area contributed by atoms with E-state index in [0.29, 0.717) is 0 Å². The normalized spacial score (nSPS) is 13.1. The zero-order valence-corrected chi connectivity index (χ0v) is 10.9.